The van der Waals surface area contributed by atoms with Crippen molar-refractivity contribution in [2.75, 3.05) is 7.05 Å². The Balaban J connectivity index is 2.08. The van der Waals surface area contributed by atoms with Crippen LogP contribution in [0.15, 0.2) is 18.2 Å². The van der Waals surface area contributed by atoms with Gasteiger partial charge in [0.25, 0.3) is 0 Å². The Morgan fingerprint density at radius 1 is 1.30 bits per heavy atom. The first-order valence-electron chi connectivity index (χ1n) is 6.96. The van der Waals surface area contributed by atoms with Gasteiger partial charge in [0.05, 0.1) is 5.69 Å². The molecule has 0 saturated heterocycles. The number of aromatic nitrogens is 1. The van der Waals surface area contributed by atoms with E-state index in [-0.39, 0.29) is 0 Å². The molecule has 108 valence electrons. The molecule has 0 bridgehead atoms. The molecule has 0 atom stereocenters. The van der Waals surface area contributed by atoms with E-state index >= 15 is 0 Å². The van der Waals surface area contributed by atoms with E-state index < -0.39 is 0 Å². The molecule has 0 radical (unpaired) electrons. The highest BCUT2D eigenvalue weighted by molar-refractivity contribution is 7.12. The molecule has 0 fully saturated rings. The molecule has 0 unspecified atom stereocenters. The van der Waals surface area contributed by atoms with Gasteiger partial charge in [-0.2, -0.15) is 0 Å². The zero-order chi connectivity index (χ0) is 14.5. The number of nitrogens with one attached hydrogen (secondary N) is 1. The standard InChI is InChI=1S/C16H22N2OS/c1-5-15-16(7-6-11(2)18-15)19-10-13-8-14(9-17-4)20-12(13)3/h6-8,17H,5,9-10H2,1-4H3. The van der Waals surface area contributed by atoms with Gasteiger partial charge in [-0.3, -0.25) is 4.98 Å². The molecule has 0 saturated carbocycles. The number of aryl methyl sites for hydroxylation is 3. The SMILES string of the molecule is CCc1nc(C)ccc1OCc1cc(CNC)sc1C. The van der Waals surface area contributed by atoms with Crippen LogP contribution in [0.4, 0.5) is 0 Å². The van der Waals surface area contributed by atoms with Crippen LogP contribution in [-0.2, 0) is 19.6 Å². The van der Waals surface area contributed by atoms with Gasteiger partial charge in [0.1, 0.15) is 12.4 Å². The fraction of sp³-hybridized carbons (Fsp3) is 0.438. The number of rotatable bonds is 6. The zero-order valence-electron chi connectivity index (χ0n) is 12.6. The summed E-state index contributed by atoms with van der Waals surface area (Å²) in [6, 6.07) is 6.25. The lowest BCUT2D eigenvalue weighted by molar-refractivity contribution is 0.301. The van der Waals surface area contributed by atoms with E-state index in [1.165, 1.54) is 15.3 Å². The van der Waals surface area contributed by atoms with E-state index in [2.05, 4.69) is 30.2 Å². The lowest BCUT2D eigenvalue weighted by Crippen LogP contribution is -2.03. The van der Waals surface area contributed by atoms with E-state index in [0.29, 0.717) is 6.61 Å². The largest absolute Gasteiger partial charge is 0.487 e. The van der Waals surface area contributed by atoms with Gasteiger partial charge >= 0.3 is 0 Å². The van der Waals surface area contributed by atoms with Crippen molar-refractivity contribution in [3.8, 4) is 5.75 Å². The number of hydrogen-bond donors (Lipinski definition) is 1. The van der Waals surface area contributed by atoms with E-state index in [1.807, 2.05) is 37.4 Å². The summed E-state index contributed by atoms with van der Waals surface area (Å²) in [5.74, 6) is 0.902. The molecule has 0 spiro atoms. The van der Waals surface area contributed by atoms with Crippen molar-refractivity contribution >= 4 is 11.3 Å². The van der Waals surface area contributed by atoms with Gasteiger partial charge in [0.2, 0.25) is 0 Å². The molecule has 2 heterocycles. The molecule has 0 aliphatic heterocycles. The molecule has 0 aliphatic carbocycles. The number of pyridine rings is 1. The molecular weight excluding hydrogens is 268 g/mol. The van der Waals surface area contributed by atoms with Crippen LogP contribution in [0.1, 0.15) is 33.6 Å². The second-order valence-electron chi connectivity index (χ2n) is 4.86. The molecule has 2 aromatic rings. The summed E-state index contributed by atoms with van der Waals surface area (Å²) < 4.78 is 5.97. The van der Waals surface area contributed by atoms with Crippen molar-refractivity contribution in [1.29, 1.82) is 0 Å². The highest BCUT2D eigenvalue weighted by Gasteiger charge is 2.08. The lowest BCUT2D eigenvalue weighted by Gasteiger charge is -2.10. The Labute approximate surface area is 125 Å². The highest BCUT2D eigenvalue weighted by atomic mass is 32.1. The molecule has 0 aromatic carbocycles. The first-order valence-corrected chi connectivity index (χ1v) is 7.77. The summed E-state index contributed by atoms with van der Waals surface area (Å²) in [6.45, 7) is 7.80. The summed E-state index contributed by atoms with van der Waals surface area (Å²) in [4.78, 5) is 7.20. The van der Waals surface area contributed by atoms with Crippen LogP contribution >= 0.6 is 11.3 Å². The van der Waals surface area contributed by atoms with Gasteiger partial charge in [-0.25, -0.2) is 0 Å². The minimum atomic E-state index is 0.615. The van der Waals surface area contributed by atoms with Crippen LogP contribution in [0, 0.1) is 13.8 Å². The third kappa shape index (κ3) is 3.58. The van der Waals surface area contributed by atoms with Crippen LogP contribution in [-0.4, -0.2) is 12.0 Å². The number of hydrogen-bond acceptors (Lipinski definition) is 4. The fourth-order valence-corrected chi connectivity index (χ4v) is 3.19. The number of thiophene rings is 1. The molecule has 0 amide bonds. The fourth-order valence-electron chi connectivity index (χ4n) is 2.13. The van der Waals surface area contributed by atoms with Crippen molar-refractivity contribution in [2.24, 2.45) is 0 Å². The average Bonchev–Trinajstić information content (AvgIpc) is 2.78. The van der Waals surface area contributed by atoms with Crippen LogP contribution in [0.3, 0.4) is 0 Å². The van der Waals surface area contributed by atoms with Gasteiger partial charge in [-0.05, 0) is 45.5 Å². The summed E-state index contributed by atoms with van der Waals surface area (Å²) in [7, 11) is 1.97. The van der Waals surface area contributed by atoms with Gasteiger partial charge < -0.3 is 10.1 Å². The predicted octanol–water partition coefficient (Wildman–Crippen LogP) is 3.62. The van der Waals surface area contributed by atoms with E-state index in [0.717, 1.165) is 30.1 Å². The van der Waals surface area contributed by atoms with Crippen molar-refractivity contribution in [3.63, 3.8) is 0 Å². The Morgan fingerprint density at radius 3 is 2.80 bits per heavy atom. The minimum Gasteiger partial charge on any atom is -0.487 e. The maximum Gasteiger partial charge on any atom is 0.141 e. The summed E-state index contributed by atoms with van der Waals surface area (Å²) >= 11 is 1.83. The first kappa shape index (κ1) is 15.0. The van der Waals surface area contributed by atoms with E-state index in [9.17, 15) is 0 Å². The third-order valence-electron chi connectivity index (χ3n) is 3.21. The molecule has 1 N–H and O–H groups in total. The van der Waals surface area contributed by atoms with Crippen molar-refractivity contribution in [3.05, 3.63) is 44.9 Å². The number of ether oxygens (including phenoxy) is 1. The lowest BCUT2D eigenvalue weighted by atomic mass is 10.2. The van der Waals surface area contributed by atoms with E-state index in [1.54, 1.807) is 0 Å². The van der Waals surface area contributed by atoms with Gasteiger partial charge in [0, 0.05) is 27.6 Å². The van der Waals surface area contributed by atoms with Crippen LogP contribution in [0.5, 0.6) is 5.75 Å². The van der Waals surface area contributed by atoms with Crippen molar-refractivity contribution in [1.82, 2.24) is 10.3 Å². The second-order valence-corrected chi connectivity index (χ2v) is 6.21. The normalized spacial score (nSPS) is 10.8. The quantitative estimate of drug-likeness (QED) is 0.882. The van der Waals surface area contributed by atoms with E-state index in [4.69, 9.17) is 4.74 Å². The number of nitrogens with zero attached hydrogens (tertiary/aromatic N) is 1. The smallest absolute Gasteiger partial charge is 0.141 e. The summed E-state index contributed by atoms with van der Waals surface area (Å²) in [6.07, 6.45) is 0.893. The topological polar surface area (TPSA) is 34.1 Å². The van der Waals surface area contributed by atoms with Crippen LogP contribution in [0.25, 0.3) is 0 Å². The van der Waals surface area contributed by atoms with Crippen molar-refractivity contribution < 1.29 is 4.74 Å². The zero-order valence-corrected chi connectivity index (χ0v) is 13.4. The molecule has 3 nitrogen and oxygen atoms in total. The minimum absolute atomic E-state index is 0.615. The Bertz CT molecular complexity index is 578. The monoisotopic (exact) mass is 290 g/mol. The summed E-state index contributed by atoms with van der Waals surface area (Å²) in [5, 5.41) is 3.18. The molecule has 20 heavy (non-hydrogen) atoms. The maximum absolute atomic E-state index is 5.97. The van der Waals surface area contributed by atoms with Gasteiger partial charge in [-0.1, -0.05) is 6.92 Å². The molecule has 2 aromatic heterocycles. The first-order chi connectivity index (χ1) is 9.63. The molecular formula is C16H22N2OS. The second kappa shape index (κ2) is 6.86. The molecule has 2 rings (SSSR count). The Kier molecular flexibility index (Phi) is 5.15. The van der Waals surface area contributed by atoms with Crippen molar-refractivity contribution in [2.45, 2.75) is 40.3 Å². The Morgan fingerprint density at radius 2 is 2.10 bits per heavy atom. The predicted molar refractivity (Wildman–Crippen MR) is 84.5 cm³/mol. The highest BCUT2D eigenvalue weighted by Crippen LogP contribution is 2.24. The van der Waals surface area contributed by atoms with Gasteiger partial charge in [0.15, 0.2) is 0 Å². The molecule has 0 aliphatic rings. The third-order valence-corrected chi connectivity index (χ3v) is 4.31. The van der Waals surface area contributed by atoms with Gasteiger partial charge in [-0.15, -0.1) is 11.3 Å². The van der Waals surface area contributed by atoms with Crippen LogP contribution in [0.2, 0.25) is 0 Å². The molecule has 4 heteroatoms. The average molecular weight is 290 g/mol. The Hall–Kier alpha value is -1.39. The van der Waals surface area contributed by atoms with Crippen LogP contribution < -0.4 is 10.1 Å². The maximum atomic E-state index is 5.97. The summed E-state index contributed by atoms with van der Waals surface area (Å²) in [5.41, 5.74) is 3.34.